The van der Waals surface area contributed by atoms with Crippen molar-refractivity contribution in [1.29, 1.82) is 0 Å². The van der Waals surface area contributed by atoms with Crippen molar-refractivity contribution in [2.75, 3.05) is 6.54 Å². The second-order valence-corrected chi connectivity index (χ2v) is 4.61. The molecule has 96 valence electrons. The molecule has 0 heterocycles. The normalized spacial score (nSPS) is 21.4. The Hall–Kier alpha value is -1.98. The number of hydrogen-bond donors (Lipinski definition) is 1. The van der Waals surface area contributed by atoms with Gasteiger partial charge >= 0.3 is 5.69 Å². The number of amides is 1. The highest BCUT2D eigenvalue weighted by molar-refractivity contribution is 5.94. The summed E-state index contributed by atoms with van der Waals surface area (Å²) in [6, 6.07) is 3.14. The molecule has 1 aromatic carbocycles. The summed E-state index contributed by atoms with van der Waals surface area (Å²) in [5.41, 5.74) is -0.571. The molecule has 2 atom stereocenters. The van der Waals surface area contributed by atoms with Crippen molar-refractivity contribution in [3.63, 3.8) is 0 Å². The molecule has 1 saturated carbocycles. The average Bonchev–Trinajstić information content (AvgIpc) is 3.02. The zero-order valence-corrected chi connectivity index (χ0v) is 9.85. The zero-order valence-electron chi connectivity index (χ0n) is 9.85. The average molecular weight is 252 g/mol. The van der Waals surface area contributed by atoms with Gasteiger partial charge in [-0.05, 0) is 30.4 Å². The predicted octanol–water partition coefficient (Wildman–Crippen LogP) is 2.12. The zero-order chi connectivity index (χ0) is 13.3. The Morgan fingerprint density at radius 3 is 2.83 bits per heavy atom. The fraction of sp³-hybridized carbons (Fsp3) is 0.417. The quantitative estimate of drug-likeness (QED) is 0.659. The van der Waals surface area contributed by atoms with E-state index in [2.05, 4.69) is 12.2 Å². The first-order chi connectivity index (χ1) is 8.49. The third-order valence-electron chi connectivity index (χ3n) is 3.21. The molecule has 2 unspecified atom stereocenters. The Morgan fingerprint density at radius 1 is 1.61 bits per heavy atom. The number of nitro benzene ring substituents is 1. The van der Waals surface area contributed by atoms with Gasteiger partial charge < -0.3 is 5.32 Å². The number of carbonyl (C=O) groups is 1. The van der Waals surface area contributed by atoms with Gasteiger partial charge in [0.05, 0.1) is 4.92 Å². The van der Waals surface area contributed by atoms with Crippen LogP contribution in [0.3, 0.4) is 0 Å². The summed E-state index contributed by atoms with van der Waals surface area (Å²) in [6.07, 6.45) is 1.09. The summed E-state index contributed by atoms with van der Waals surface area (Å²) in [6.45, 7) is 2.66. The molecule has 0 radical (unpaired) electrons. The van der Waals surface area contributed by atoms with E-state index in [1.165, 1.54) is 6.07 Å². The van der Waals surface area contributed by atoms with E-state index in [0.717, 1.165) is 18.6 Å². The number of nitrogens with one attached hydrogen (secondary N) is 1. The summed E-state index contributed by atoms with van der Waals surface area (Å²) >= 11 is 0. The number of carbonyl (C=O) groups excluding carboxylic acids is 1. The SMILES string of the molecule is CC1CC1CNC(=O)c1ccc(F)c([N+](=O)[O-])c1. The number of benzene rings is 1. The van der Waals surface area contributed by atoms with Gasteiger partial charge in [0, 0.05) is 18.2 Å². The third kappa shape index (κ3) is 2.64. The first-order valence-corrected chi connectivity index (χ1v) is 5.71. The van der Waals surface area contributed by atoms with Crippen LogP contribution in [0.25, 0.3) is 0 Å². The molecule has 1 fully saturated rings. The molecule has 1 amide bonds. The van der Waals surface area contributed by atoms with E-state index in [0.29, 0.717) is 18.4 Å². The first kappa shape index (κ1) is 12.5. The molecule has 0 aromatic heterocycles. The van der Waals surface area contributed by atoms with Crippen LogP contribution < -0.4 is 5.32 Å². The van der Waals surface area contributed by atoms with Crippen LogP contribution in [0.4, 0.5) is 10.1 Å². The van der Waals surface area contributed by atoms with Gasteiger partial charge in [-0.25, -0.2) is 0 Å². The van der Waals surface area contributed by atoms with E-state index < -0.39 is 22.3 Å². The lowest BCUT2D eigenvalue weighted by atomic mass is 10.2. The second kappa shape index (κ2) is 4.72. The monoisotopic (exact) mass is 252 g/mol. The van der Waals surface area contributed by atoms with Crippen LogP contribution in [0.15, 0.2) is 18.2 Å². The molecule has 0 bridgehead atoms. The largest absolute Gasteiger partial charge is 0.352 e. The lowest BCUT2D eigenvalue weighted by molar-refractivity contribution is -0.387. The third-order valence-corrected chi connectivity index (χ3v) is 3.21. The maximum Gasteiger partial charge on any atom is 0.305 e. The van der Waals surface area contributed by atoms with Crippen LogP contribution in [0.1, 0.15) is 23.7 Å². The van der Waals surface area contributed by atoms with Crippen molar-refractivity contribution in [1.82, 2.24) is 5.32 Å². The Morgan fingerprint density at radius 2 is 2.28 bits per heavy atom. The fourth-order valence-corrected chi connectivity index (χ4v) is 1.80. The van der Waals surface area contributed by atoms with Crippen LogP contribution in [0, 0.1) is 27.8 Å². The highest BCUT2D eigenvalue weighted by Gasteiger charge is 2.32. The Balaban J connectivity index is 2.05. The summed E-state index contributed by atoms with van der Waals surface area (Å²) in [7, 11) is 0. The van der Waals surface area contributed by atoms with Crippen LogP contribution in [0.2, 0.25) is 0 Å². The van der Waals surface area contributed by atoms with Gasteiger partial charge in [0.25, 0.3) is 5.91 Å². The van der Waals surface area contributed by atoms with Gasteiger partial charge in [-0.2, -0.15) is 4.39 Å². The minimum Gasteiger partial charge on any atom is -0.352 e. The molecule has 1 aromatic rings. The summed E-state index contributed by atoms with van der Waals surface area (Å²) in [5.74, 6) is -0.234. The number of hydrogen-bond acceptors (Lipinski definition) is 3. The topological polar surface area (TPSA) is 72.2 Å². The molecule has 0 saturated heterocycles. The van der Waals surface area contributed by atoms with Crippen molar-refractivity contribution >= 4 is 11.6 Å². The van der Waals surface area contributed by atoms with E-state index in [1.54, 1.807) is 0 Å². The highest BCUT2D eigenvalue weighted by atomic mass is 19.1. The number of nitro groups is 1. The van der Waals surface area contributed by atoms with Crippen molar-refractivity contribution in [2.45, 2.75) is 13.3 Å². The van der Waals surface area contributed by atoms with Crippen LogP contribution in [0.5, 0.6) is 0 Å². The van der Waals surface area contributed by atoms with Gasteiger partial charge in [-0.1, -0.05) is 6.92 Å². The number of nitrogens with zero attached hydrogens (tertiary/aromatic N) is 1. The molecule has 0 aliphatic heterocycles. The fourth-order valence-electron chi connectivity index (χ4n) is 1.80. The lowest BCUT2D eigenvalue weighted by Gasteiger charge is -2.04. The van der Waals surface area contributed by atoms with Crippen LogP contribution in [-0.2, 0) is 0 Å². The van der Waals surface area contributed by atoms with Crippen LogP contribution in [-0.4, -0.2) is 17.4 Å². The minimum absolute atomic E-state index is 0.108. The number of halogens is 1. The molecule has 18 heavy (non-hydrogen) atoms. The van der Waals surface area contributed by atoms with E-state index in [9.17, 15) is 19.3 Å². The molecule has 1 N–H and O–H groups in total. The molecular formula is C12H13FN2O3. The van der Waals surface area contributed by atoms with Gasteiger partial charge in [0.2, 0.25) is 5.82 Å². The van der Waals surface area contributed by atoms with Crippen molar-refractivity contribution in [3.05, 3.63) is 39.7 Å². The van der Waals surface area contributed by atoms with E-state index in [1.807, 2.05) is 0 Å². The molecule has 1 aliphatic rings. The standard InChI is InChI=1S/C12H13FN2O3/c1-7-4-9(7)6-14-12(16)8-2-3-10(13)11(5-8)15(17)18/h2-3,5,7,9H,4,6H2,1H3,(H,14,16). The van der Waals surface area contributed by atoms with E-state index >= 15 is 0 Å². The second-order valence-electron chi connectivity index (χ2n) is 4.61. The molecule has 1 aliphatic carbocycles. The molecule has 5 nitrogen and oxygen atoms in total. The summed E-state index contributed by atoms with van der Waals surface area (Å²) < 4.78 is 13.1. The van der Waals surface area contributed by atoms with E-state index in [4.69, 9.17) is 0 Å². The minimum atomic E-state index is -0.938. The molecule has 6 heteroatoms. The van der Waals surface area contributed by atoms with Gasteiger partial charge in [0.1, 0.15) is 0 Å². The Kier molecular flexibility index (Phi) is 3.27. The van der Waals surface area contributed by atoms with E-state index in [-0.39, 0.29) is 5.56 Å². The van der Waals surface area contributed by atoms with Crippen LogP contribution >= 0.6 is 0 Å². The van der Waals surface area contributed by atoms with Crippen molar-refractivity contribution in [3.8, 4) is 0 Å². The van der Waals surface area contributed by atoms with Crippen molar-refractivity contribution < 1.29 is 14.1 Å². The Labute approximate surface area is 103 Å². The predicted molar refractivity (Wildman–Crippen MR) is 62.7 cm³/mol. The summed E-state index contributed by atoms with van der Waals surface area (Å²) in [4.78, 5) is 21.4. The first-order valence-electron chi connectivity index (χ1n) is 5.71. The van der Waals surface area contributed by atoms with Gasteiger partial charge in [-0.15, -0.1) is 0 Å². The Bertz CT molecular complexity index is 504. The summed E-state index contributed by atoms with van der Waals surface area (Å²) in [5, 5.41) is 13.2. The lowest BCUT2D eigenvalue weighted by Crippen LogP contribution is -2.26. The molecule has 0 spiro atoms. The molecule has 2 rings (SSSR count). The van der Waals surface area contributed by atoms with Gasteiger partial charge in [-0.3, -0.25) is 14.9 Å². The maximum atomic E-state index is 13.1. The maximum absolute atomic E-state index is 13.1. The molecular weight excluding hydrogens is 239 g/mol. The smallest absolute Gasteiger partial charge is 0.305 e. The van der Waals surface area contributed by atoms with Crippen molar-refractivity contribution in [2.24, 2.45) is 11.8 Å². The van der Waals surface area contributed by atoms with Gasteiger partial charge in [0.15, 0.2) is 0 Å². The highest BCUT2D eigenvalue weighted by Crippen LogP contribution is 2.36. The number of rotatable bonds is 4.